The van der Waals surface area contributed by atoms with Gasteiger partial charge in [-0.1, -0.05) is 45.0 Å². The summed E-state index contributed by atoms with van der Waals surface area (Å²) in [6, 6.07) is 12.0. The van der Waals surface area contributed by atoms with Crippen LogP contribution in [0.3, 0.4) is 0 Å². The summed E-state index contributed by atoms with van der Waals surface area (Å²) in [5.74, 6) is 0.507. The molecule has 5 heteroatoms. The van der Waals surface area contributed by atoms with Crippen LogP contribution in [0.4, 0.5) is 0 Å². The van der Waals surface area contributed by atoms with Crippen LogP contribution in [0.5, 0.6) is 5.75 Å². The van der Waals surface area contributed by atoms with E-state index in [-0.39, 0.29) is 12.3 Å². The molecule has 0 spiro atoms. The minimum atomic E-state index is -0.782. The monoisotopic (exact) mass is 394 g/mol. The van der Waals surface area contributed by atoms with E-state index >= 15 is 0 Å². The Balaban J connectivity index is 1.77. The van der Waals surface area contributed by atoms with Crippen molar-refractivity contribution in [3.05, 3.63) is 58.8 Å². The normalized spacial score (nSPS) is 12.5. The van der Waals surface area contributed by atoms with E-state index in [1.807, 2.05) is 31.2 Å². The van der Waals surface area contributed by atoms with Crippen LogP contribution in [0, 0.1) is 19.8 Å². The molecule has 0 aliphatic heterocycles. The second-order valence-corrected chi connectivity index (χ2v) is 8.26. The Morgan fingerprint density at radius 1 is 1.10 bits per heavy atom. The molecule has 0 radical (unpaired) electrons. The summed E-state index contributed by atoms with van der Waals surface area (Å²) in [7, 11) is 0. The number of fused-ring (bicyclic) bond motifs is 1. The lowest BCUT2D eigenvalue weighted by molar-refractivity contribution is -0.137. The van der Waals surface area contributed by atoms with Gasteiger partial charge in [-0.3, -0.25) is 9.48 Å². The molecule has 3 rings (SSSR count). The summed E-state index contributed by atoms with van der Waals surface area (Å²) >= 11 is 0. The van der Waals surface area contributed by atoms with Gasteiger partial charge in [-0.2, -0.15) is 5.10 Å². The average Bonchev–Trinajstić information content (AvgIpc) is 2.96. The molecule has 1 unspecified atom stereocenters. The van der Waals surface area contributed by atoms with E-state index in [0.29, 0.717) is 12.5 Å². The average molecular weight is 395 g/mol. The van der Waals surface area contributed by atoms with Gasteiger partial charge in [-0.05, 0) is 54.5 Å². The zero-order valence-electron chi connectivity index (χ0n) is 17.9. The predicted octanol–water partition coefficient (Wildman–Crippen LogP) is 5.47. The molecule has 1 atom stereocenters. The Kier molecular flexibility index (Phi) is 6.26. The highest BCUT2D eigenvalue weighted by atomic mass is 16.5. The number of aryl methyl sites for hydroxylation is 2. The Labute approximate surface area is 172 Å². The second-order valence-electron chi connectivity index (χ2n) is 8.26. The van der Waals surface area contributed by atoms with Crippen LogP contribution in [-0.4, -0.2) is 20.9 Å². The van der Waals surface area contributed by atoms with E-state index in [1.165, 1.54) is 16.5 Å². The molecule has 1 N–H and O–H groups in total. The Bertz CT molecular complexity index is 1000. The molecular weight excluding hydrogens is 364 g/mol. The number of rotatable bonds is 8. The number of nitrogens with zero attached hydrogens (tertiary/aromatic N) is 2. The molecule has 0 fully saturated rings. The lowest BCUT2D eigenvalue weighted by Crippen LogP contribution is -2.08. The fraction of sp³-hybridized carbons (Fsp3) is 0.417. The van der Waals surface area contributed by atoms with Gasteiger partial charge in [-0.25, -0.2) is 0 Å². The summed E-state index contributed by atoms with van der Waals surface area (Å²) in [6.45, 7) is 11.9. The van der Waals surface area contributed by atoms with E-state index < -0.39 is 5.97 Å². The van der Waals surface area contributed by atoms with E-state index in [4.69, 9.17) is 14.9 Å². The first kappa shape index (κ1) is 20.9. The quantitative estimate of drug-likeness (QED) is 0.550. The Morgan fingerprint density at radius 3 is 2.41 bits per heavy atom. The fourth-order valence-corrected chi connectivity index (χ4v) is 3.72. The summed E-state index contributed by atoms with van der Waals surface area (Å²) in [5, 5.41) is 14.9. The van der Waals surface area contributed by atoms with Crippen molar-refractivity contribution in [2.24, 2.45) is 5.92 Å². The third-order valence-electron chi connectivity index (χ3n) is 5.32. The van der Waals surface area contributed by atoms with Crippen LogP contribution in [0.2, 0.25) is 0 Å². The molecule has 5 nitrogen and oxygen atoms in total. The van der Waals surface area contributed by atoms with Crippen molar-refractivity contribution in [2.45, 2.75) is 60.1 Å². The molecule has 0 bridgehead atoms. The smallest absolute Gasteiger partial charge is 0.303 e. The van der Waals surface area contributed by atoms with E-state index in [1.54, 1.807) is 0 Å². The van der Waals surface area contributed by atoms with E-state index in [2.05, 4.69) is 44.5 Å². The van der Waals surface area contributed by atoms with E-state index in [0.717, 1.165) is 29.1 Å². The standard InChI is InChI=1S/C24H30N2O3/c1-15(2)13-26-24-17(4)20(8-11-22(24)18(5)25-26)14-29-21-9-6-19(7-10-21)16(3)12-23(27)28/h6-11,15-16H,12-14H2,1-5H3,(H,27,28). The third-order valence-corrected chi connectivity index (χ3v) is 5.32. The molecule has 1 heterocycles. The van der Waals surface area contributed by atoms with Crippen molar-refractivity contribution in [1.82, 2.24) is 9.78 Å². The molecule has 0 saturated carbocycles. The molecule has 29 heavy (non-hydrogen) atoms. The van der Waals surface area contributed by atoms with Gasteiger partial charge in [0.05, 0.1) is 17.6 Å². The largest absolute Gasteiger partial charge is 0.489 e. The highest BCUT2D eigenvalue weighted by Gasteiger charge is 2.14. The minimum absolute atomic E-state index is 0.0179. The zero-order valence-corrected chi connectivity index (χ0v) is 17.9. The lowest BCUT2D eigenvalue weighted by atomic mass is 9.98. The van der Waals surface area contributed by atoms with Crippen LogP contribution in [0.25, 0.3) is 10.9 Å². The van der Waals surface area contributed by atoms with Gasteiger partial charge >= 0.3 is 5.97 Å². The van der Waals surface area contributed by atoms with Gasteiger partial charge in [-0.15, -0.1) is 0 Å². The van der Waals surface area contributed by atoms with Gasteiger partial charge in [0.1, 0.15) is 12.4 Å². The maximum atomic E-state index is 10.9. The first-order valence-electron chi connectivity index (χ1n) is 10.2. The summed E-state index contributed by atoms with van der Waals surface area (Å²) in [4.78, 5) is 10.9. The van der Waals surface area contributed by atoms with Crippen molar-refractivity contribution in [2.75, 3.05) is 0 Å². The van der Waals surface area contributed by atoms with Gasteiger partial charge in [0.25, 0.3) is 0 Å². The number of aromatic nitrogens is 2. The van der Waals surface area contributed by atoms with Gasteiger partial charge in [0.15, 0.2) is 0 Å². The molecule has 1 aromatic heterocycles. The SMILES string of the molecule is Cc1nn(CC(C)C)c2c(C)c(COc3ccc(C(C)CC(=O)O)cc3)ccc12. The predicted molar refractivity (Wildman–Crippen MR) is 115 cm³/mol. The van der Waals surface area contributed by atoms with Crippen LogP contribution >= 0.6 is 0 Å². The Hall–Kier alpha value is -2.82. The molecule has 0 saturated heterocycles. The first-order chi connectivity index (χ1) is 13.8. The van der Waals surface area contributed by atoms with Crippen LogP contribution in [0.15, 0.2) is 36.4 Å². The van der Waals surface area contributed by atoms with Crippen LogP contribution in [-0.2, 0) is 17.9 Å². The minimum Gasteiger partial charge on any atom is -0.489 e. The summed E-state index contributed by atoms with van der Waals surface area (Å²) in [5.41, 5.74) is 5.60. The highest BCUT2D eigenvalue weighted by molar-refractivity contribution is 5.85. The fourth-order valence-electron chi connectivity index (χ4n) is 3.72. The number of carboxylic acids is 1. The first-order valence-corrected chi connectivity index (χ1v) is 10.2. The second kappa shape index (κ2) is 8.68. The third kappa shape index (κ3) is 4.78. The molecule has 3 aromatic rings. The number of ether oxygens (including phenoxy) is 1. The van der Waals surface area contributed by atoms with Crippen molar-refractivity contribution < 1.29 is 14.6 Å². The summed E-state index contributed by atoms with van der Waals surface area (Å²) < 4.78 is 8.14. The van der Waals surface area contributed by atoms with Crippen molar-refractivity contribution in [3.8, 4) is 5.75 Å². The molecule has 154 valence electrons. The number of hydrogen-bond acceptors (Lipinski definition) is 3. The highest BCUT2D eigenvalue weighted by Crippen LogP contribution is 2.27. The topological polar surface area (TPSA) is 64.4 Å². The molecule has 0 aliphatic rings. The van der Waals surface area contributed by atoms with Crippen LogP contribution < -0.4 is 4.74 Å². The van der Waals surface area contributed by atoms with Crippen molar-refractivity contribution in [1.29, 1.82) is 0 Å². The van der Waals surface area contributed by atoms with Gasteiger partial charge < -0.3 is 9.84 Å². The lowest BCUT2D eigenvalue weighted by Gasteiger charge is -2.13. The molecule has 0 aliphatic carbocycles. The number of aliphatic carboxylic acids is 1. The maximum absolute atomic E-state index is 10.9. The number of carbonyl (C=O) groups is 1. The maximum Gasteiger partial charge on any atom is 0.303 e. The number of carboxylic acid groups (broad SMARTS) is 1. The van der Waals surface area contributed by atoms with Gasteiger partial charge in [0, 0.05) is 11.9 Å². The zero-order chi connectivity index (χ0) is 21.1. The Morgan fingerprint density at radius 2 is 1.79 bits per heavy atom. The van der Waals surface area contributed by atoms with Gasteiger partial charge in [0.2, 0.25) is 0 Å². The molecule has 2 aromatic carbocycles. The molecular formula is C24H30N2O3. The van der Waals surface area contributed by atoms with Crippen molar-refractivity contribution >= 4 is 16.9 Å². The number of hydrogen-bond donors (Lipinski definition) is 1. The van der Waals surface area contributed by atoms with Crippen LogP contribution in [0.1, 0.15) is 55.5 Å². The van der Waals surface area contributed by atoms with E-state index in [9.17, 15) is 4.79 Å². The molecule has 0 amide bonds. The van der Waals surface area contributed by atoms with Crippen molar-refractivity contribution in [3.63, 3.8) is 0 Å². The number of benzene rings is 2. The summed E-state index contributed by atoms with van der Waals surface area (Å²) in [6.07, 6.45) is 0.128.